The summed E-state index contributed by atoms with van der Waals surface area (Å²) in [5.74, 6) is 0. The Labute approximate surface area is 80.3 Å². The zero-order chi connectivity index (χ0) is 2.71. The first kappa shape index (κ1) is 9.83. The van der Waals surface area contributed by atoms with Crippen molar-refractivity contribution in [2.45, 2.75) is 0 Å². The molecule has 0 unspecified atom stereocenters. The molecule has 0 spiro atoms. The van der Waals surface area contributed by atoms with E-state index >= 15 is 0 Å². The quantitative estimate of drug-likeness (QED) is 0.554. The van der Waals surface area contributed by atoms with E-state index in [-0.39, 0.29) is 62.0 Å². The molecule has 4 heteroatoms. The van der Waals surface area contributed by atoms with Gasteiger partial charge in [-0.1, -0.05) is 0 Å². The van der Waals surface area contributed by atoms with E-state index in [4.69, 9.17) is 20.2 Å². The number of hydrogen-bond donors (Lipinski definition) is 0. The summed E-state index contributed by atoms with van der Waals surface area (Å²) in [7, 11) is 9.65. The molecule has 0 aromatic rings. The normalized spacial score (nSPS) is 4.50. The van der Waals surface area contributed by atoms with Crippen LogP contribution in [0.4, 0.5) is 0 Å². The molecule has 0 amide bonds. The van der Waals surface area contributed by atoms with Gasteiger partial charge in [-0.3, -0.25) is 0 Å². The first-order valence-corrected chi connectivity index (χ1v) is 4.81. The van der Waals surface area contributed by atoms with Crippen LogP contribution in [0.25, 0.3) is 0 Å². The summed E-state index contributed by atoms with van der Waals surface area (Å²) in [6.45, 7) is 0. The van der Waals surface area contributed by atoms with Gasteiger partial charge < -0.3 is 0 Å². The molecule has 0 saturated heterocycles. The van der Waals surface area contributed by atoms with Gasteiger partial charge in [0.1, 0.15) is 0 Å². The fourth-order valence-corrected chi connectivity index (χ4v) is 0. The molecule has 0 saturated carbocycles. The Bertz CT molecular complexity index is 6.00. The monoisotopic (exact) mass is 290 g/mol. The predicted octanol–water partition coefficient (Wildman–Crippen LogP) is 0.0820. The van der Waals surface area contributed by atoms with Crippen LogP contribution < -0.4 is 0 Å². The molecular weight excluding hydrogens is 287 g/mol. The molecule has 0 aromatic carbocycles. The van der Waals surface area contributed by atoms with Crippen molar-refractivity contribution < 1.29 is 0 Å². The SMILES string of the molecule is Cl[Se]Cl.[BaH2]. The van der Waals surface area contributed by atoms with Gasteiger partial charge in [-0.25, -0.2) is 0 Å². The minimum absolute atomic E-state index is 0. The molecular formula is H2BaCl2Se. The average molecular weight is 289 g/mol. The molecule has 0 N–H and O–H groups in total. The van der Waals surface area contributed by atoms with Crippen molar-refractivity contribution in [2.75, 3.05) is 0 Å². The molecule has 0 aromatic heterocycles. The molecule has 0 rings (SSSR count). The first-order valence-electron chi connectivity index (χ1n) is 0.309. The molecule has 0 atom stereocenters. The first-order chi connectivity index (χ1) is 1.41. The Morgan fingerprint density at radius 1 is 1.25 bits per heavy atom. The number of halogens is 2. The third-order valence-corrected chi connectivity index (χ3v) is 0. The summed E-state index contributed by atoms with van der Waals surface area (Å²) in [5.41, 5.74) is 0. The second-order valence-corrected chi connectivity index (χ2v) is 2.73. The van der Waals surface area contributed by atoms with Crippen molar-refractivity contribution in [3.05, 3.63) is 0 Å². The van der Waals surface area contributed by atoms with Crippen LogP contribution >= 0.6 is 20.2 Å². The van der Waals surface area contributed by atoms with E-state index < -0.39 is 0 Å². The third-order valence-electron chi connectivity index (χ3n) is 0. The molecule has 24 valence electrons. The van der Waals surface area contributed by atoms with E-state index in [1.54, 1.807) is 0 Å². The topological polar surface area (TPSA) is 0 Å². The van der Waals surface area contributed by atoms with Crippen molar-refractivity contribution >= 4 is 82.2 Å². The molecule has 0 nitrogen and oxygen atoms in total. The maximum atomic E-state index is 4.83. The third kappa shape index (κ3) is 8.82. The van der Waals surface area contributed by atoms with Gasteiger partial charge >= 0.3 is 82.2 Å². The van der Waals surface area contributed by atoms with Gasteiger partial charge in [0.15, 0.2) is 0 Å². The maximum absolute atomic E-state index is 4.83. The Morgan fingerprint density at radius 2 is 1.25 bits per heavy atom. The van der Waals surface area contributed by atoms with E-state index in [1.165, 1.54) is 0 Å². The van der Waals surface area contributed by atoms with E-state index in [2.05, 4.69) is 0 Å². The Hall–Kier alpha value is 2.67. The zero-order valence-electron chi connectivity index (χ0n) is 1.16. The van der Waals surface area contributed by atoms with E-state index in [1.807, 2.05) is 0 Å². The molecule has 0 fully saturated rings. The molecule has 0 aliphatic rings. The Morgan fingerprint density at radius 3 is 1.25 bits per heavy atom. The molecule has 0 bridgehead atoms. The minimum atomic E-state index is -0.181. The second kappa shape index (κ2) is 9.18. The van der Waals surface area contributed by atoms with Gasteiger partial charge in [0, 0.05) is 0 Å². The fourth-order valence-electron chi connectivity index (χ4n) is 0. The van der Waals surface area contributed by atoms with Crippen LogP contribution in [0.2, 0.25) is 0 Å². The van der Waals surface area contributed by atoms with Crippen molar-refractivity contribution in [1.29, 1.82) is 0 Å². The van der Waals surface area contributed by atoms with Crippen molar-refractivity contribution in [3.63, 3.8) is 0 Å². The van der Waals surface area contributed by atoms with Crippen LogP contribution in [0.15, 0.2) is 0 Å². The van der Waals surface area contributed by atoms with E-state index in [0.717, 1.165) is 0 Å². The van der Waals surface area contributed by atoms with Gasteiger partial charge in [0.25, 0.3) is 0 Å². The summed E-state index contributed by atoms with van der Waals surface area (Å²) < 4.78 is 0. The van der Waals surface area contributed by atoms with Crippen LogP contribution in [0.3, 0.4) is 0 Å². The fraction of sp³-hybridized carbons (Fsp3) is 0. The van der Waals surface area contributed by atoms with Crippen LogP contribution in [0.1, 0.15) is 0 Å². The Kier molecular flexibility index (Phi) is 22.6. The van der Waals surface area contributed by atoms with Crippen molar-refractivity contribution in [1.82, 2.24) is 0 Å². The van der Waals surface area contributed by atoms with Gasteiger partial charge in [-0.15, -0.1) is 0 Å². The van der Waals surface area contributed by atoms with Crippen LogP contribution in [0.5, 0.6) is 0 Å². The summed E-state index contributed by atoms with van der Waals surface area (Å²) in [6, 6.07) is 0. The van der Waals surface area contributed by atoms with Crippen molar-refractivity contribution in [2.24, 2.45) is 0 Å². The van der Waals surface area contributed by atoms with Gasteiger partial charge in [-0.05, 0) is 0 Å². The van der Waals surface area contributed by atoms with Gasteiger partial charge in [0.05, 0.1) is 0 Å². The number of hydrogen-bond acceptors (Lipinski definition) is 0. The Balaban J connectivity index is 0. The van der Waals surface area contributed by atoms with Crippen LogP contribution in [0, 0.1) is 0 Å². The molecule has 0 aliphatic heterocycles. The van der Waals surface area contributed by atoms with Crippen molar-refractivity contribution in [3.8, 4) is 0 Å². The second-order valence-electron chi connectivity index (χ2n) is 0.0583. The predicted molar refractivity (Wildman–Crippen MR) is 26.0 cm³/mol. The summed E-state index contributed by atoms with van der Waals surface area (Å²) in [6.07, 6.45) is 0. The molecule has 0 heterocycles. The van der Waals surface area contributed by atoms with Gasteiger partial charge in [-0.2, -0.15) is 0 Å². The summed E-state index contributed by atoms with van der Waals surface area (Å²) in [5, 5.41) is 0. The van der Waals surface area contributed by atoms with Gasteiger partial charge in [0.2, 0.25) is 0 Å². The van der Waals surface area contributed by atoms with Crippen LogP contribution in [-0.2, 0) is 0 Å². The average Bonchev–Trinajstić information content (AvgIpc) is 0.918. The number of rotatable bonds is 0. The standard InChI is InChI=1S/Ba.Cl2Se.2H/c;1-3-2;;. The van der Waals surface area contributed by atoms with E-state index in [9.17, 15) is 0 Å². The molecule has 0 radical (unpaired) electrons. The zero-order valence-corrected chi connectivity index (χ0v) is 4.39. The van der Waals surface area contributed by atoms with Crippen LogP contribution in [-0.4, -0.2) is 62.0 Å². The van der Waals surface area contributed by atoms with E-state index in [0.29, 0.717) is 0 Å². The molecule has 0 aliphatic carbocycles. The molecule has 4 heavy (non-hydrogen) atoms. The summed E-state index contributed by atoms with van der Waals surface area (Å²) in [4.78, 5) is 0. The summed E-state index contributed by atoms with van der Waals surface area (Å²) >= 11 is -0.181.